The molecule has 0 radical (unpaired) electrons. The molecule has 0 amide bonds. The number of aromatic amines is 1. The third kappa shape index (κ3) is 3.93. The minimum atomic E-state index is -0.692. The van der Waals surface area contributed by atoms with Crippen molar-refractivity contribution < 1.29 is 14.0 Å². The lowest BCUT2D eigenvalue weighted by atomic mass is 10.0. The average molecular weight is 412 g/mol. The third-order valence-electron chi connectivity index (χ3n) is 5.06. The number of halogens is 2. The molecule has 5 nitrogen and oxygen atoms in total. The van der Waals surface area contributed by atoms with Crippen molar-refractivity contribution in [3.05, 3.63) is 82.0 Å². The standard InChI is InChI=1S/C22H19ClFN3O2/c23-16-6-3-7-17(24)20(16)21(29)15-11-18(26-13-15)19(28)12-14-5-4-8-25-22(14)27-9-1-2-10-27/h3-8,11,13,26H,1-2,9-10,12H2. The molecule has 3 heterocycles. The lowest BCUT2D eigenvalue weighted by molar-refractivity contribution is 0.0988. The van der Waals surface area contributed by atoms with Gasteiger partial charge in [-0.25, -0.2) is 9.37 Å². The number of Topliss-reactive ketones (excluding diaryl/α,β-unsaturated/α-hetero) is 1. The lowest BCUT2D eigenvalue weighted by Gasteiger charge is -2.19. The number of nitrogens with zero attached hydrogens (tertiary/aromatic N) is 2. The Morgan fingerprint density at radius 1 is 1.17 bits per heavy atom. The summed E-state index contributed by atoms with van der Waals surface area (Å²) in [7, 11) is 0. The molecule has 4 rings (SSSR count). The molecule has 1 fully saturated rings. The molecule has 1 saturated heterocycles. The monoisotopic (exact) mass is 411 g/mol. The highest BCUT2D eigenvalue weighted by molar-refractivity contribution is 6.35. The SMILES string of the molecule is O=C(Cc1cccnc1N1CCCC1)c1cc(C(=O)c2c(F)cccc2Cl)c[nH]1. The molecule has 1 N–H and O–H groups in total. The highest BCUT2D eigenvalue weighted by Gasteiger charge is 2.22. The zero-order chi connectivity index (χ0) is 20.4. The van der Waals surface area contributed by atoms with Crippen molar-refractivity contribution in [2.45, 2.75) is 19.3 Å². The van der Waals surface area contributed by atoms with E-state index in [9.17, 15) is 14.0 Å². The van der Waals surface area contributed by atoms with Crippen LogP contribution in [0.5, 0.6) is 0 Å². The fraction of sp³-hybridized carbons (Fsp3) is 0.227. The second kappa shape index (κ2) is 8.17. The number of rotatable bonds is 6. The minimum Gasteiger partial charge on any atom is -0.358 e. The zero-order valence-electron chi connectivity index (χ0n) is 15.6. The van der Waals surface area contributed by atoms with Gasteiger partial charge >= 0.3 is 0 Å². The van der Waals surface area contributed by atoms with Gasteiger partial charge in [0.1, 0.15) is 11.6 Å². The molecule has 0 unspecified atom stereocenters. The summed E-state index contributed by atoms with van der Waals surface area (Å²) in [5.74, 6) is -0.596. The van der Waals surface area contributed by atoms with Gasteiger partial charge in [-0.2, -0.15) is 0 Å². The summed E-state index contributed by atoms with van der Waals surface area (Å²) in [6, 6.07) is 9.23. The smallest absolute Gasteiger partial charge is 0.199 e. The molecule has 7 heteroatoms. The van der Waals surface area contributed by atoms with Crippen molar-refractivity contribution in [1.29, 1.82) is 0 Å². The number of ketones is 2. The minimum absolute atomic E-state index is 0.0368. The van der Waals surface area contributed by atoms with Crippen LogP contribution >= 0.6 is 11.6 Å². The van der Waals surface area contributed by atoms with Crippen LogP contribution < -0.4 is 4.90 Å². The van der Waals surface area contributed by atoms with Crippen molar-refractivity contribution in [2.24, 2.45) is 0 Å². The first-order chi connectivity index (χ1) is 14.0. The van der Waals surface area contributed by atoms with Gasteiger partial charge in [-0.1, -0.05) is 23.7 Å². The van der Waals surface area contributed by atoms with Crippen LogP contribution in [-0.4, -0.2) is 34.6 Å². The van der Waals surface area contributed by atoms with Crippen molar-refractivity contribution in [2.75, 3.05) is 18.0 Å². The largest absolute Gasteiger partial charge is 0.358 e. The van der Waals surface area contributed by atoms with Crippen LogP contribution in [0.4, 0.5) is 10.2 Å². The van der Waals surface area contributed by atoms with E-state index < -0.39 is 11.6 Å². The van der Waals surface area contributed by atoms with Crippen LogP contribution in [-0.2, 0) is 6.42 Å². The van der Waals surface area contributed by atoms with E-state index in [-0.39, 0.29) is 34.0 Å². The molecule has 2 aromatic heterocycles. The van der Waals surface area contributed by atoms with E-state index in [0.717, 1.165) is 37.3 Å². The molecule has 0 spiro atoms. The van der Waals surface area contributed by atoms with Crippen LogP contribution in [0.1, 0.15) is 44.8 Å². The van der Waals surface area contributed by atoms with Gasteiger partial charge < -0.3 is 9.88 Å². The number of pyridine rings is 1. The molecule has 0 atom stereocenters. The Hall–Kier alpha value is -2.99. The molecule has 0 saturated carbocycles. The van der Waals surface area contributed by atoms with Gasteiger partial charge in [0.25, 0.3) is 0 Å². The maximum atomic E-state index is 14.0. The van der Waals surface area contributed by atoms with Gasteiger partial charge in [0.2, 0.25) is 0 Å². The van der Waals surface area contributed by atoms with Gasteiger partial charge in [0, 0.05) is 43.0 Å². The third-order valence-corrected chi connectivity index (χ3v) is 5.37. The molecule has 0 aliphatic carbocycles. The Kier molecular flexibility index (Phi) is 5.45. The van der Waals surface area contributed by atoms with Gasteiger partial charge in [0.05, 0.1) is 16.3 Å². The summed E-state index contributed by atoms with van der Waals surface area (Å²) in [5, 5.41) is 0.0368. The Morgan fingerprint density at radius 3 is 2.72 bits per heavy atom. The topological polar surface area (TPSA) is 66.1 Å². The number of carbonyl (C=O) groups excluding carboxylic acids is 2. The van der Waals surface area contributed by atoms with Gasteiger partial charge in [-0.3, -0.25) is 9.59 Å². The first-order valence-corrected chi connectivity index (χ1v) is 9.81. The maximum absolute atomic E-state index is 14.0. The fourth-order valence-electron chi connectivity index (χ4n) is 3.60. The van der Waals surface area contributed by atoms with E-state index in [2.05, 4.69) is 14.9 Å². The second-order valence-corrected chi connectivity index (χ2v) is 7.42. The summed E-state index contributed by atoms with van der Waals surface area (Å²) in [6.45, 7) is 1.87. The number of aromatic nitrogens is 2. The molecule has 1 aliphatic rings. The molecule has 3 aromatic rings. The van der Waals surface area contributed by atoms with Crippen LogP contribution in [0.3, 0.4) is 0 Å². The summed E-state index contributed by atoms with van der Waals surface area (Å²) < 4.78 is 14.0. The maximum Gasteiger partial charge on any atom is 0.199 e. The molecule has 29 heavy (non-hydrogen) atoms. The number of hydrogen-bond acceptors (Lipinski definition) is 4. The molecule has 1 aliphatic heterocycles. The van der Waals surface area contributed by atoms with E-state index in [4.69, 9.17) is 11.6 Å². The quantitative estimate of drug-likeness (QED) is 0.608. The van der Waals surface area contributed by atoms with Crippen LogP contribution in [0.25, 0.3) is 0 Å². The van der Waals surface area contributed by atoms with E-state index in [1.165, 1.54) is 30.5 Å². The molecule has 0 bridgehead atoms. The predicted molar refractivity (Wildman–Crippen MR) is 109 cm³/mol. The summed E-state index contributed by atoms with van der Waals surface area (Å²) in [6.07, 6.45) is 5.53. The summed E-state index contributed by atoms with van der Waals surface area (Å²) in [5.41, 5.74) is 1.12. The Labute approximate surface area is 172 Å². The van der Waals surface area contributed by atoms with E-state index in [0.29, 0.717) is 0 Å². The highest BCUT2D eigenvalue weighted by Crippen LogP contribution is 2.25. The molecule has 1 aromatic carbocycles. The Bertz CT molecular complexity index is 1050. The van der Waals surface area contributed by atoms with Crippen molar-refractivity contribution in [3.8, 4) is 0 Å². The van der Waals surface area contributed by atoms with Crippen molar-refractivity contribution >= 4 is 29.0 Å². The number of nitrogens with one attached hydrogen (secondary N) is 1. The summed E-state index contributed by atoms with van der Waals surface area (Å²) in [4.78, 5) is 34.9. The predicted octanol–water partition coefficient (Wildman–Crippen LogP) is 4.46. The van der Waals surface area contributed by atoms with Gasteiger partial charge in [-0.05, 0) is 37.1 Å². The van der Waals surface area contributed by atoms with Crippen LogP contribution in [0.15, 0.2) is 48.8 Å². The molecular weight excluding hydrogens is 393 g/mol. The number of H-pyrrole nitrogens is 1. The molecule has 148 valence electrons. The van der Waals surface area contributed by atoms with Gasteiger partial charge in [-0.15, -0.1) is 0 Å². The van der Waals surface area contributed by atoms with Crippen molar-refractivity contribution in [3.63, 3.8) is 0 Å². The number of anilines is 1. The average Bonchev–Trinajstić information content (AvgIpc) is 3.40. The number of benzene rings is 1. The highest BCUT2D eigenvalue weighted by atomic mass is 35.5. The second-order valence-electron chi connectivity index (χ2n) is 7.01. The summed E-state index contributed by atoms with van der Waals surface area (Å²) >= 11 is 5.98. The van der Waals surface area contributed by atoms with E-state index in [1.54, 1.807) is 6.20 Å². The van der Waals surface area contributed by atoms with Crippen LogP contribution in [0, 0.1) is 5.82 Å². The van der Waals surface area contributed by atoms with E-state index in [1.807, 2.05) is 12.1 Å². The van der Waals surface area contributed by atoms with Gasteiger partial charge in [0.15, 0.2) is 11.6 Å². The fourth-order valence-corrected chi connectivity index (χ4v) is 3.84. The Morgan fingerprint density at radius 2 is 1.97 bits per heavy atom. The first-order valence-electron chi connectivity index (χ1n) is 9.44. The normalized spacial score (nSPS) is 13.7. The number of carbonyl (C=O) groups is 2. The number of hydrogen-bond donors (Lipinski definition) is 1. The van der Waals surface area contributed by atoms with E-state index >= 15 is 0 Å². The zero-order valence-corrected chi connectivity index (χ0v) is 16.4. The lowest BCUT2D eigenvalue weighted by Crippen LogP contribution is -2.21. The Balaban J connectivity index is 1.55. The van der Waals surface area contributed by atoms with Crippen LogP contribution in [0.2, 0.25) is 5.02 Å². The molecular formula is C22H19ClFN3O2. The van der Waals surface area contributed by atoms with Crippen molar-refractivity contribution in [1.82, 2.24) is 9.97 Å². The first kappa shape index (κ1) is 19.3.